The standard InChI is InChI=1S/C10H11ClN2S2/c1-6(2)5-15-10-12-8(11)7-3-4-14-9(7)13-10/h3-4,6H,5H2,1-2H3. The highest BCUT2D eigenvalue weighted by Gasteiger charge is 2.07. The molecule has 5 heteroatoms. The Labute approximate surface area is 102 Å². The van der Waals surface area contributed by atoms with Crippen molar-refractivity contribution in [2.45, 2.75) is 19.0 Å². The second-order valence-corrected chi connectivity index (χ2v) is 5.88. The van der Waals surface area contributed by atoms with Gasteiger partial charge in [0.1, 0.15) is 9.98 Å². The Bertz CT molecular complexity index is 467. The molecule has 0 aliphatic rings. The van der Waals surface area contributed by atoms with E-state index in [2.05, 4.69) is 23.8 Å². The van der Waals surface area contributed by atoms with Gasteiger partial charge in [-0.1, -0.05) is 37.2 Å². The first kappa shape index (κ1) is 11.2. The Hall–Kier alpha value is -0.320. The molecule has 0 fully saturated rings. The molecule has 0 saturated carbocycles. The molecule has 0 unspecified atom stereocenters. The summed E-state index contributed by atoms with van der Waals surface area (Å²) in [6, 6.07) is 1.96. The molecule has 0 atom stereocenters. The van der Waals surface area contributed by atoms with Gasteiger partial charge in [-0.25, -0.2) is 9.97 Å². The van der Waals surface area contributed by atoms with Gasteiger partial charge >= 0.3 is 0 Å². The Kier molecular flexibility index (Phi) is 3.49. The average Bonchev–Trinajstić information content (AvgIpc) is 2.63. The van der Waals surface area contributed by atoms with Gasteiger partial charge in [-0.3, -0.25) is 0 Å². The van der Waals surface area contributed by atoms with Crippen LogP contribution in [0.15, 0.2) is 16.6 Å². The van der Waals surface area contributed by atoms with E-state index < -0.39 is 0 Å². The summed E-state index contributed by atoms with van der Waals surface area (Å²) in [5.41, 5.74) is 0. The lowest BCUT2D eigenvalue weighted by Crippen LogP contribution is -1.94. The third kappa shape index (κ3) is 2.62. The summed E-state index contributed by atoms with van der Waals surface area (Å²) in [5, 5.41) is 4.29. The summed E-state index contributed by atoms with van der Waals surface area (Å²) in [6.07, 6.45) is 0. The molecule has 0 aromatic carbocycles. The Morgan fingerprint density at radius 2 is 2.27 bits per heavy atom. The molecule has 0 saturated heterocycles. The zero-order chi connectivity index (χ0) is 10.8. The van der Waals surface area contributed by atoms with E-state index >= 15 is 0 Å². The molecule has 2 nitrogen and oxygen atoms in total. The van der Waals surface area contributed by atoms with Crippen molar-refractivity contribution >= 4 is 44.9 Å². The molecular weight excluding hydrogens is 248 g/mol. The Morgan fingerprint density at radius 3 is 3.00 bits per heavy atom. The van der Waals surface area contributed by atoms with Crippen LogP contribution in [0.3, 0.4) is 0 Å². The zero-order valence-corrected chi connectivity index (χ0v) is 10.9. The van der Waals surface area contributed by atoms with Gasteiger partial charge in [-0.2, -0.15) is 0 Å². The van der Waals surface area contributed by atoms with Crippen LogP contribution in [-0.4, -0.2) is 15.7 Å². The highest BCUT2D eigenvalue weighted by Crippen LogP contribution is 2.28. The predicted octanol–water partition coefficient (Wildman–Crippen LogP) is 4.09. The normalized spacial score (nSPS) is 11.5. The van der Waals surface area contributed by atoms with E-state index in [4.69, 9.17) is 11.6 Å². The molecule has 2 heterocycles. The van der Waals surface area contributed by atoms with Crippen molar-refractivity contribution in [2.24, 2.45) is 5.92 Å². The number of hydrogen-bond acceptors (Lipinski definition) is 4. The topological polar surface area (TPSA) is 25.8 Å². The molecule has 0 aliphatic heterocycles. The van der Waals surface area contributed by atoms with Gasteiger partial charge < -0.3 is 0 Å². The fourth-order valence-corrected chi connectivity index (χ4v) is 3.06. The first-order chi connectivity index (χ1) is 7.16. The van der Waals surface area contributed by atoms with Crippen LogP contribution in [0, 0.1) is 5.92 Å². The lowest BCUT2D eigenvalue weighted by atomic mass is 10.3. The third-order valence-corrected chi connectivity index (χ3v) is 4.17. The summed E-state index contributed by atoms with van der Waals surface area (Å²) in [5.74, 6) is 1.66. The molecule has 0 bridgehead atoms. The van der Waals surface area contributed by atoms with E-state index in [1.165, 1.54) is 0 Å². The number of hydrogen-bond donors (Lipinski definition) is 0. The minimum Gasteiger partial charge on any atom is -0.211 e. The second-order valence-electron chi connectivity index (χ2n) is 3.64. The van der Waals surface area contributed by atoms with Crippen LogP contribution in [0.4, 0.5) is 0 Å². The van der Waals surface area contributed by atoms with Crippen molar-refractivity contribution in [2.75, 3.05) is 5.75 Å². The molecule has 2 aromatic heterocycles. The summed E-state index contributed by atoms with van der Waals surface area (Å²) < 4.78 is 0. The SMILES string of the molecule is CC(C)CSc1nc(Cl)c2ccsc2n1. The molecule has 0 radical (unpaired) electrons. The first-order valence-electron chi connectivity index (χ1n) is 4.70. The molecule has 0 amide bonds. The fourth-order valence-electron chi connectivity index (χ4n) is 1.11. The van der Waals surface area contributed by atoms with Crippen molar-refractivity contribution in [3.05, 3.63) is 16.6 Å². The van der Waals surface area contributed by atoms with Crippen molar-refractivity contribution in [3.63, 3.8) is 0 Å². The van der Waals surface area contributed by atoms with Crippen molar-refractivity contribution in [3.8, 4) is 0 Å². The van der Waals surface area contributed by atoms with Gasteiger partial charge in [-0.05, 0) is 17.4 Å². The van der Waals surface area contributed by atoms with E-state index in [1.807, 2.05) is 11.4 Å². The molecule has 0 spiro atoms. The van der Waals surface area contributed by atoms with E-state index in [0.717, 1.165) is 21.1 Å². The minimum atomic E-state index is 0.563. The molecule has 0 aliphatic carbocycles. The molecule has 15 heavy (non-hydrogen) atoms. The lowest BCUT2D eigenvalue weighted by Gasteiger charge is -2.03. The quantitative estimate of drug-likeness (QED) is 0.471. The van der Waals surface area contributed by atoms with Gasteiger partial charge in [0.2, 0.25) is 0 Å². The highest BCUT2D eigenvalue weighted by molar-refractivity contribution is 7.99. The highest BCUT2D eigenvalue weighted by atomic mass is 35.5. The van der Waals surface area contributed by atoms with Crippen LogP contribution in [0.25, 0.3) is 10.2 Å². The van der Waals surface area contributed by atoms with E-state index in [0.29, 0.717) is 11.1 Å². The van der Waals surface area contributed by atoms with Gasteiger partial charge in [0.05, 0.1) is 0 Å². The number of halogens is 1. The molecule has 80 valence electrons. The maximum Gasteiger partial charge on any atom is 0.190 e. The largest absolute Gasteiger partial charge is 0.211 e. The van der Waals surface area contributed by atoms with Crippen LogP contribution >= 0.6 is 34.7 Å². The molecular formula is C10H11ClN2S2. The number of thiophene rings is 1. The summed E-state index contributed by atoms with van der Waals surface area (Å²) in [7, 11) is 0. The minimum absolute atomic E-state index is 0.563. The van der Waals surface area contributed by atoms with Crippen LogP contribution in [0.1, 0.15) is 13.8 Å². The number of fused-ring (bicyclic) bond motifs is 1. The molecule has 2 rings (SSSR count). The van der Waals surface area contributed by atoms with Crippen LogP contribution in [0.5, 0.6) is 0 Å². The molecule has 2 aromatic rings. The van der Waals surface area contributed by atoms with Crippen LogP contribution in [0.2, 0.25) is 5.15 Å². The predicted molar refractivity (Wildman–Crippen MR) is 68.0 cm³/mol. The van der Waals surface area contributed by atoms with E-state index in [9.17, 15) is 0 Å². The monoisotopic (exact) mass is 258 g/mol. The Balaban J connectivity index is 2.28. The van der Waals surface area contributed by atoms with E-state index in [1.54, 1.807) is 23.1 Å². The van der Waals surface area contributed by atoms with Crippen molar-refractivity contribution in [1.29, 1.82) is 0 Å². The number of rotatable bonds is 3. The number of nitrogens with zero attached hydrogens (tertiary/aromatic N) is 2. The van der Waals surface area contributed by atoms with Gasteiger partial charge in [0.25, 0.3) is 0 Å². The van der Waals surface area contributed by atoms with E-state index in [-0.39, 0.29) is 0 Å². The van der Waals surface area contributed by atoms with Crippen LogP contribution < -0.4 is 0 Å². The molecule has 0 N–H and O–H groups in total. The zero-order valence-electron chi connectivity index (χ0n) is 8.53. The van der Waals surface area contributed by atoms with Crippen molar-refractivity contribution in [1.82, 2.24) is 9.97 Å². The average molecular weight is 259 g/mol. The first-order valence-corrected chi connectivity index (χ1v) is 6.94. The third-order valence-electron chi connectivity index (χ3n) is 1.80. The van der Waals surface area contributed by atoms with Gasteiger partial charge in [-0.15, -0.1) is 11.3 Å². The second kappa shape index (κ2) is 4.68. The number of aromatic nitrogens is 2. The Morgan fingerprint density at radius 1 is 1.47 bits per heavy atom. The van der Waals surface area contributed by atoms with Crippen molar-refractivity contribution < 1.29 is 0 Å². The van der Waals surface area contributed by atoms with Gasteiger partial charge in [0.15, 0.2) is 5.16 Å². The maximum absolute atomic E-state index is 6.06. The smallest absolute Gasteiger partial charge is 0.190 e. The van der Waals surface area contributed by atoms with Gasteiger partial charge in [0, 0.05) is 11.1 Å². The maximum atomic E-state index is 6.06. The summed E-state index contributed by atoms with van der Waals surface area (Å²) in [6.45, 7) is 4.36. The fraction of sp³-hybridized carbons (Fsp3) is 0.400. The summed E-state index contributed by atoms with van der Waals surface area (Å²) in [4.78, 5) is 9.70. The van der Waals surface area contributed by atoms with Crippen LogP contribution in [-0.2, 0) is 0 Å². The lowest BCUT2D eigenvalue weighted by molar-refractivity contribution is 0.748. The summed E-state index contributed by atoms with van der Waals surface area (Å²) >= 11 is 9.32. The number of thioether (sulfide) groups is 1.